The SMILES string of the molecule is C#Cc1cnc(NCc2cc(C)nc(N3CCCC3)c2)nc1. The Hall–Kier alpha value is -2.61. The first-order chi connectivity index (χ1) is 10.7. The zero-order valence-corrected chi connectivity index (χ0v) is 12.7. The molecule has 0 saturated carbocycles. The van der Waals surface area contributed by atoms with Crippen molar-refractivity contribution >= 4 is 11.8 Å². The standard InChI is InChI=1S/C17H19N5/c1-3-14-10-18-17(19-11-14)20-12-15-8-13(2)21-16(9-15)22-6-4-5-7-22/h1,8-11H,4-7,12H2,2H3,(H,18,19,20). The van der Waals surface area contributed by atoms with Crippen LogP contribution in [0, 0.1) is 19.3 Å². The summed E-state index contributed by atoms with van der Waals surface area (Å²) in [7, 11) is 0. The molecule has 1 N–H and O–H groups in total. The zero-order chi connectivity index (χ0) is 15.4. The molecule has 0 radical (unpaired) electrons. The lowest BCUT2D eigenvalue weighted by Gasteiger charge is -2.18. The number of nitrogens with one attached hydrogen (secondary N) is 1. The predicted octanol–water partition coefficient (Wildman–Crippen LogP) is 2.37. The quantitative estimate of drug-likeness (QED) is 0.877. The smallest absolute Gasteiger partial charge is 0.222 e. The zero-order valence-electron chi connectivity index (χ0n) is 12.7. The van der Waals surface area contributed by atoms with E-state index in [1.807, 2.05) is 6.92 Å². The Bertz CT molecular complexity index is 681. The Morgan fingerprint density at radius 3 is 2.64 bits per heavy atom. The average molecular weight is 293 g/mol. The fraction of sp³-hybridized carbons (Fsp3) is 0.353. The second kappa shape index (κ2) is 6.44. The van der Waals surface area contributed by atoms with Gasteiger partial charge in [-0.3, -0.25) is 0 Å². The van der Waals surface area contributed by atoms with Gasteiger partial charge in [0.1, 0.15) is 5.82 Å². The first-order valence-corrected chi connectivity index (χ1v) is 7.49. The van der Waals surface area contributed by atoms with Gasteiger partial charge in [-0.1, -0.05) is 5.92 Å². The number of anilines is 2. The lowest BCUT2D eigenvalue weighted by atomic mass is 10.2. The molecule has 0 aromatic carbocycles. The van der Waals surface area contributed by atoms with Crippen LogP contribution in [0.3, 0.4) is 0 Å². The monoisotopic (exact) mass is 293 g/mol. The first-order valence-electron chi connectivity index (χ1n) is 7.49. The van der Waals surface area contributed by atoms with E-state index in [0.717, 1.165) is 24.6 Å². The van der Waals surface area contributed by atoms with Crippen molar-refractivity contribution in [1.29, 1.82) is 0 Å². The summed E-state index contributed by atoms with van der Waals surface area (Å²) in [5.74, 6) is 4.15. The summed E-state index contributed by atoms with van der Waals surface area (Å²) in [5.41, 5.74) is 2.89. The molecule has 0 unspecified atom stereocenters. The van der Waals surface area contributed by atoms with E-state index < -0.39 is 0 Å². The maximum atomic E-state index is 5.30. The fourth-order valence-electron chi connectivity index (χ4n) is 2.61. The second-order valence-electron chi connectivity index (χ2n) is 5.46. The van der Waals surface area contributed by atoms with Crippen molar-refractivity contribution in [1.82, 2.24) is 15.0 Å². The van der Waals surface area contributed by atoms with Crippen molar-refractivity contribution in [2.75, 3.05) is 23.3 Å². The molecule has 0 bridgehead atoms. The van der Waals surface area contributed by atoms with Crippen molar-refractivity contribution in [3.05, 3.63) is 41.3 Å². The molecule has 3 heterocycles. The third kappa shape index (κ3) is 3.34. The van der Waals surface area contributed by atoms with Crippen molar-refractivity contribution in [3.63, 3.8) is 0 Å². The number of hydrogen-bond donors (Lipinski definition) is 1. The van der Waals surface area contributed by atoms with Crippen LogP contribution >= 0.6 is 0 Å². The molecule has 0 spiro atoms. The number of rotatable bonds is 4. The molecule has 1 saturated heterocycles. The summed E-state index contributed by atoms with van der Waals surface area (Å²) in [6.45, 7) is 4.89. The van der Waals surface area contributed by atoms with E-state index in [1.54, 1.807) is 12.4 Å². The Balaban J connectivity index is 1.70. The van der Waals surface area contributed by atoms with Gasteiger partial charge in [-0.15, -0.1) is 6.42 Å². The van der Waals surface area contributed by atoms with Gasteiger partial charge in [0.05, 0.1) is 5.56 Å². The van der Waals surface area contributed by atoms with Gasteiger partial charge in [-0.05, 0) is 37.5 Å². The molecule has 0 aliphatic carbocycles. The van der Waals surface area contributed by atoms with Crippen molar-refractivity contribution < 1.29 is 0 Å². The minimum Gasteiger partial charge on any atom is -0.357 e. The van der Waals surface area contributed by atoms with E-state index in [-0.39, 0.29) is 0 Å². The molecule has 112 valence electrons. The van der Waals surface area contributed by atoms with Crippen LogP contribution in [0.4, 0.5) is 11.8 Å². The number of aromatic nitrogens is 3. The van der Waals surface area contributed by atoms with Crippen LogP contribution in [0.5, 0.6) is 0 Å². The summed E-state index contributed by atoms with van der Waals surface area (Å²) in [6, 6.07) is 4.23. The fourth-order valence-corrected chi connectivity index (χ4v) is 2.61. The number of hydrogen-bond acceptors (Lipinski definition) is 5. The largest absolute Gasteiger partial charge is 0.357 e. The van der Waals surface area contributed by atoms with Crippen LogP contribution in [0.1, 0.15) is 29.7 Å². The van der Waals surface area contributed by atoms with E-state index >= 15 is 0 Å². The van der Waals surface area contributed by atoms with Crippen LogP contribution in [-0.2, 0) is 6.54 Å². The minimum atomic E-state index is 0.580. The van der Waals surface area contributed by atoms with Gasteiger partial charge in [0.25, 0.3) is 0 Å². The second-order valence-corrected chi connectivity index (χ2v) is 5.46. The summed E-state index contributed by atoms with van der Waals surface area (Å²) < 4.78 is 0. The van der Waals surface area contributed by atoms with Gasteiger partial charge in [0.2, 0.25) is 5.95 Å². The molecule has 5 nitrogen and oxygen atoms in total. The molecule has 1 fully saturated rings. The van der Waals surface area contributed by atoms with Gasteiger partial charge in [0, 0.05) is 37.7 Å². The molecule has 22 heavy (non-hydrogen) atoms. The highest BCUT2D eigenvalue weighted by Gasteiger charge is 2.14. The molecular weight excluding hydrogens is 274 g/mol. The van der Waals surface area contributed by atoms with Gasteiger partial charge in [-0.25, -0.2) is 15.0 Å². The third-order valence-corrected chi connectivity index (χ3v) is 3.70. The highest BCUT2D eigenvalue weighted by Crippen LogP contribution is 2.20. The third-order valence-electron chi connectivity index (χ3n) is 3.70. The van der Waals surface area contributed by atoms with E-state index in [0.29, 0.717) is 18.1 Å². The van der Waals surface area contributed by atoms with Crippen molar-refractivity contribution in [2.24, 2.45) is 0 Å². The molecule has 2 aromatic rings. The summed E-state index contributed by atoms with van der Waals surface area (Å²) in [6.07, 6.45) is 11.1. The van der Waals surface area contributed by atoms with Gasteiger partial charge >= 0.3 is 0 Å². The van der Waals surface area contributed by atoms with Crippen molar-refractivity contribution in [3.8, 4) is 12.3 Å². The lowest BCUT2D eigenvalue weighted by Crippen LogP contribution is -2.19. The van der Waals surface area contributed by atoms with E-state index in [4.69, 9.17) is 6.42 Å². The predicted molar refractivity (Wildman–Crippen MR) is 87.7 cm³/mol. The summed E-state index contributed by atoms with van der Waals surface area (Å²) >= 11 is 0. The van der Waals surface area contributed by atoms with Gasteiger partial charge < -0.3 is 10.2 Å². The first kappa shape index (κ1) is 14.3. The van der Waals surface area contributed by atoms with E-state index in [1.165, 1.54) is 18.4 Å². The molecule has 1 aliphatic rings. The van der Waals surface area contributed by atoms with Gasteiger partial charge in [-0.2, -0.15) is 0 Å². The molecule has 0 amide bonds. The van der Waals surface area contributed by atoms with Crippen LogP contribution in [0.25, 0.3) is 0 Å². The van der Waals surface area contributed by atoms with Gasteiger partial charge in [0.15, 0.2) is 0 Å². The average Bonchev–Trinajstić information content (AvgIpc) is 3.07. The van der Waals surface area contributed by atoms with Crippen LogP contribution < -0.4 is 10.2 Å². The number of terminal acetylenes is 1. The Morgan fingerprint density at radius 2 is 1.95 bits per heavy atom. The van der Waals surface area contributed by atoms with E-state index in [9.17, 15) is 0 Å². The Morgan fingerprint density at radius 1 is 1.23 bits per heavy atom. The van der Waals surface area contributed by atoms with E-state index in [2.05, 4.69) is 43.2 Å². The maximum Gasteiger partial charge on any atom is 0.222 e. The normalized spacial score (nSPS) is 13.9. The number of aryl methyl sites for hydroxylation is 1. The number of pyridine rings is 1. The molecule has 2 aromatic heterocycles. The Labute approximate surface area is 130 Å². The molecule has 0 atom stereocenters. The minimum absolute atomic E-state index is 0.580. The van der Waals surface area contributed by atoms with Crippen LogP contribution in [-0.4, -0.2) is 28.0 Å². The number of nitrogens with zero attached hydrogens (tertiary/aromatic N) is 4. The highest BCUT2D eigenvalue weighted by atomic mass is 15.2. The van der Waals surface area contributed by atoms with Crippen LogP contribution in [0.15, 0.2) is 24.5 Å². The maximum absolute atomic E-state index is 5.30. The lowest BCUT2D eigenvalue weighted by molar-refractivity contribution is 0.920. The van der Waals surface area contributed by atoms with Crippen LogP contribution in [0.2, 0.25) is 0 Å². The molecule has 3 rings (SSSR count). The highest BCUT2D eigenvalue weighted by molar-refractivity contribution is 5.44. The molecular formula is C17H19N5. The summed E-state index contributed by atoms with van der Waals surface area (Å²) in [5, 5.41) is 3.22. The Kier molecular flexibility index (Phi) is 4.19. The van der Waals surface area contributed by atoms with Crippen molar-refractivity contribution in [2.45, 2.75) is 26.3 Å². The topological polar surface area (TPSA) is 53.9 Å². The summed E-state index contributed by atoms with van der Waals surface area (Å²) in [4.78, 5) is 15.4. The molecule has 1 aliphatic heterocycles. The molecule has 5 heteroatoms.